The van der Waals surface area contributed by atoms with Crippen molar-refractivity contribution in [2.24, 2.45) is 0 Å². The smallest absolute Gasteiger partial charge is 0.115 e. The zero-order chi connectivity index (χ0) is 17.8. The monoisotopic (exact) mass is 350 g/mol. The van der Waals surface area contributed by atoms with Crippen LogP contribution in [0.1, 0.15) is 42.9 Å². The first kappa shape index (κ1) is 17.6. The van der Waals surface area contributed by atoms with Crippen LogP contribution in [0, 0.1) is 0 Å². The number of phenolic OH excluding ortho intramolecular Hbond substituents is 1. The highest BCUT2D eigenvalue weighted by Crippen LogP contribution is 2.30. The molecule has 2 aromatic carbocycles. The number of phenols is 1. The first-order chi connectivity index (χ1) is 12.8. The summed E-state index contributed by atoms with van der Waals surface area (Å²) in [6, 6.07) is 19.8. The number of nitrogens with zero attached hydrogens (tertiary/aromatic N) is 2. The van der Waals surface area contributed by atoms with Gasteiger partial charge in [-0.3, -0.25) is 9.80 Å². The van der Waals surface area contributed by atoms with Gasteiger partial charge in [-0.05, 0) is 42.5 Å². The number of benzene rings is 2. The minimum Gasteiger partial charge on any atom is -0.508 e. The second-order valence-electron chi connectivity index (χ2n) is 7.81. The second-order valence-corrected chi connectivity index (χ2v) is 7.81. The Bertz CT molecular complexity index is 688. The van der Waals surface area contributed by atoms with Crippen LogP contribution in [0.3, 0.4) is 0 Å². The van der Waals surface area contributed by atoms with E-state index >= 15 is 0 Å². The minimum absolute atomic E-state index is 0.361. The number of piperazine rings is 1. The lowest BCUT2D eigenvalue weighted by atomic mass is 9.96. The maximum absolute atomic E-state index is 9.84. The van der Waals surface area contributed by atoms with Crippen molar-refractivity contribution in [2.75, 3.05) is 26.2 Å². The molecular formula is C23H30N2O. The zero-order valence-corrected chi connectivity index (χ0v) is 15.6. The summed E-state index contributed by atoms with van der Waals surface area (Å²) < 4.78 is 0. The third kappa shape index (κ3) is 4.11. The molecular weight excluding hydrogens is 320 g/mol. The predicted molar refractivity (Wildman–Crippen MR) is 106 cm³/mol. The Hall–Kier alpha value is -1.84. The molecule has 0 bridgehead atoms. The first-order valence-corrected chi connectivity index (χ1v) is 10.1. The molecule has 2 aromatic rings. The molecule has 1 aliphatic heterocycles. The molecule has 138 valence electrons. The van der Waals surface area contributed by atoms with Crippen LogP contribution in [-0.4, -0.2) is 47.1 Å². The van der Waals surface area contributed by atoms with Gasteiger partial charge >= 0.3 is 0 Å². The lowest BCUT2D eigenvalue weighted by Crippen LogP contribution is -2.50. The summed E-state index contributed by atoms with van der Waals surface area (Å²) in [4.78, 5) is 5.37. The topological polar surface area (TPSA) is 26.7 Å². The van der Waals surface area contributed by atoms with Gasteiger partial charge in [0.15, 0.2) is 0 Å². The Morgan fingerprint density at radius 3 is 2.31 bits per heavy atom. The summed E-state index contributed by atoms with van der Waals surface area (Å²) in [5.74, 6) is 0.361. The van der Waals surface area contributed by atoms with Crippen LogP contribution in [-0.2, 0) is 6.42 Å². The van der Waals surface area contributed by atoms with Crippen LogP contribution < -0.4 is 0 Å². The van der Waals surface area contributed by atoms with Gasteiger partial charge in [-0.15, -0.1) is 0 Å². The van der Waals surface area contributed by atoms with Crippen molar-refractivity contribution in [1.82, 2.24) is 9.80 Å². The minimum atomic E-state index is 0.361. The van der Waals surface area contributed by atoms with Crippen LogP contribution in [0.5, 0.6) is 5.75 Å². The molecule has 0 spiro atoms. The summed E-state index contributed by atoms with van der Waals surface area (Å²) in [7, 11) is 0. The fraction of sp³-hybridized carbons (Fsp3) is 0.478. The molecule has 0 aromatic heterocycles. The highest BCUT2D eigenvalue weighted by Gasteiger charge is 2.29. The summed E-state index contributed by atoms with van der Waals surface area (Å²) in [5, 5.41) is 9.84. The fourth-order valence-corrected chi connectivity index (χ4v) is 4.72. The maximum atomic E-state index is 9.84. The van der Waals surface area contributed by atoms with Crippen molar-refractivity contribution >= 4 is 0 Å². The highest BCUT2D eigenvalue weighted by atomic mass is 16.3. The molecule has 4 rings (SSSR count). The van der Waals surface area contributed by atoms with E-state index in [1.807, 2.05) is 12.1 Å². The van der Waals surface area contributed by atoms with Crippen molar-refractivity contribution in [3.8, 4) is 5.75 Å². The van der Waals surface area contributed by atoms with Gasteiger partial charge in [0.25, 0.3) is 0 Å². The van der Waals surface area contributed by atoms with Crippen molar-refractivity contribution in [1.29, 1.82) is 0 Å². The van der Waals surface area contributed by atoms with E-state index in [0.29, 0.717) is 11.8 Å². The van der Waals surface area contributed by atoms with Gasteiger partial charge in [0.05, 0.1) is 0 Å². The van der Waals surface area contributed by atoms with Crippen molar-refractivity contribution in [3.63, 3.8) is 0 Å². The quantitative estimate of drug-likeness (QED) is 0.874. The molecule has 1 heterocycles. The van der Waals surface area contributed by atoms with Gasteiger partial charge in [-0.1, -0.05) is 55.3 Å². The normalized spacial score (nSPS) is 21.1. The summed E-state index contributed by atoms with van der Waals surface area (Å²) in [6.45, 7) is 4.64. The molecule has 3 nitrogen and oxygen atoms in total. The predicted octanol–water partition coefficient (Wildman–Crippen LogP) is 4.24. The molecule has 3 heteroatoms. The standard InChI is InChI=1S/C23H30N2O/c26-22-12-6-7-19(17-22)18-23(20-8-2-1-3-9-20)25-15-13-24(14-16-25)21-10-4-5-11-21/h1-3,6-9,12,17,21,23,26H,4-5,10-11,13-16,18H2. The van der Waals surface area contributed by atoms with Crippen LogP contribution in [0.4, 0.5) is 0 Å². The maximum Gasteiger partial charge on any atom is 0.115 e. The fourth-order valence-electron chi connectivity index (χ4n) is 4.72. The van der Waals surface area contributed by atoms with E-state index in [9.17, 15) is 5.11 Å². The Balaban J connectivity index is 1.48. The number of hydrogen-bond acceptors (Lipinski definition) is 3. The molecule has 1 saturated carbocycles. The van der Waals surface area contributed by atoms with Gasteiger partial charge in [0.1, 0.15) is 5.75 Å². The lowest BCUT2D eigenvalue weighted by molar-refractivity contribution is 0.0698. The van der Waals surface area contributed by atoms with E-state index in [0.717, 1.165) is 25.6 Å². The van der Waals surface area contributed by atoms with Crippen molar-refractivity contribution in [2.45, 2.75) is 44.2 Å². The molecule has 2 aliphatic rings. The third-order valence-corrected chi connectivity index (χ3v) is 6.15. The Labute approximate surface area is 157 Å². The van der Waals surface area contributed by atoms with Crippen LogP contribution >= 0.6 is 0 Å². The first-order valence-electron chi connectivity index (χ1n) is 10.1. The Kier molecular flexibility index (Phi) is 5.57. The summed E-state index contributed by atoms with van der Waals surface area (Å²) in [6.07, 6.45) is 6.56. The van der Waals surface area contributed by atoms with Crippen molar-refractivity contribution in [3.05, 3.63) is 65.7 Å². The van der Waals surface area contributed by atoms with Gasteiger partial charge in [0, 0.05) is 38.3 Å². The summed E-state index contributed by atoms with van der Waals surface area (Å²) >= 11 is 0. The molecule has 1 aliphatic carbocycles. The van der Waals surface area contributed by atoms with E-state index in [2.05, 4.69) is 46.2 Å². The van der Waals surface area contributed by atoms with E-state index in [-0.39, 0.29) is 0 Å². The largest absolute Gasteiger partial charge is 0.508 e. The van der Waals surface area contributed by atoms with Crippen LogP contribution in [0.25, 0.3) is 0 Å². The molecule has 26 heavy (non-hydrogen) atoms. The van der Waals surface area contributed by atoms with Crippen molar-refractivity contribution < 1.29 is 5.11 Å². The van der Waals surface area contributed by atoms with Gasteiger partial charge in [-0.25, -0.2) is 0 Å². The number of aromatic hydroxyl groups is 1. The average molecular weight is 351 g/mol. The lowest BCUT2D eigenvalue weighted by Gasteiger charge is -2.42. The van der Waals surface area contributed by atoms with E-state index in [4.69, 9.17) is 0 Å². The van der Waals surface area contributed by atoms with E-state index < -0.39 is 0 Å². The molecule has 0 radical (unpaired) electrons. The molecule has 1 unspecified atom stereocenters. The number of hydrogen-bond donors (Lipinski definition) is 1. The number of rotatable bonds is 5. The highest BCUT2D eigenvalue weighted by molar-refractivity contribution is 5.30. The Morgan fingerprint density at radius 1 is 0.885 bits per heavy atom. The molecule has 2 fully saturated rings. The van der Waals surface area contributed by atoms with Crippen LogP contribution in [0.2, 0.25) is 0 Å². The van der Waals surface area contributed by atoms with Crippen LogP contribution in [0.15, 0.2) is 54.6 Å². The van der Waals surface area contributed by atoms with Gasteiger partial charge in [-0.2, -0.15) is 0 Å². The molecule has 1 atom stereocenters. The molecule has 1 N–H and O–H groups in total. The molecule has 0 amide bonds. The third-order valence-electron chi connectivity index (χ3n) is 6.15. The zero-order valence-electron chi connectivity index (χ0n) is 15.6. The molecule has 1 saturated heterocycles. The van der Waals surface area contributed by atoms with E-state index in [1.54, 1.807) is 6.07 Å². The summed E-state index contributed by atoms with van der Waals surface area (Å²) in [5.41, 5.74) is 2.59. The SMILES string of the molecule is Oc1cccc(CC(c2ccccc2)N2CCN(C3CCCC3)CC2)c1. The Morgan fingerprint density at radius 2 is 1.62 bits per heavy atom. The average Bonchev–Trinajstić information content (AvgIpc) is 3.22. The van der Waals surface area contributed by atoms with E-state index in [1.165, 1.54) is 49.9 Å². The second kappa shape index (κ2) is 8.24. The van der Waals surface area contributed by atoms with Gasteiger partial charge in [0.2, 0.25) is 0 Å². The van der Waals surface area contributed by atoms with Gasteiger partial charge < -0.3 is 5.11 Å².